The van der Waals surface area contributed by atoms with Crippen molar-refractivity contribution in [1.82, 2.24) is 0 Å². The van der Waals surface area contributed by atoms with Crippen molar-refractivity contribution in [3.05, 3.63) is 130 Å². The van der Waals surface area contributed by atoms with Crippen LogP contribution >= 0.6 is 0 Å². The average molecular weight is 593 g/mol. The number of alkyl halides is 6. The highest BCUT2D eigenvalue weighted by Gasteiger charge is 2.31. The lowest BCUT2D eigenvalue weighted by molar-refractivity contribution is -0.138. The summed E-state index contributed by atoms with van der Waals surface area (Å²) in [6.07, 6.45) is -5.65. The van der Waals surface area contributed by atoms with Crippen LogP contribution in [-0.4, -0.2) is 0 Å². The van der Waals surface area contributed by atoms with Crippen molar-refractivity contribution in [2.45, 2.75) is 12.4 Å². The molecule has 0 fully saturated rings. The molecule has 0 heterocycles. The van der Waals surface area contributed by atoms with Gasteiger partial charge >= 0.3 is 12.4 Å². The largest absolute Gasteiger partial charge is 0.416 e. The molecule has 6 aromatic rings. The van der Waals surface area contributed by atoms with Crippen LogP contribution in [0.3, 0.4) is 0 Å². The average Bonchev–Trinajstić information content (AvgIpc) is 3.00. The van der Waals surface area contributed by atoms with Crippen molar-refractivity contribution in [3.63, 3.8) is 0 Å². The van der Waals surface area contributed by atoms with Gasteiger partial charge in [0.15, 0.2) is 0 Å². The third-order valence-corrected chi connectivity index (χ3v) is 7.49. The maximum absolute atomic E-state index is 13.0. The summed E-state index contributed by atoms with van der Waals surface area (Å²) >= 11 is 0. The van der Waals surface area contributed by atoms with Crippen LogP contribution in [0.5, 0.6) is 0 Å². The van der Waals surface area contributed by atoms with E-state index in [-0.39, 0.29) is 11.1 Å². The van der Waals surface area contributed by atoms with E-state index in [0.717, 1.165) is 56.6 Å². The molecule has 0 aliphatic rings. The monoisotopic (exact) mass is 592 g/mol. The van der Waals surface area contributed by atoms with Gasteiger partial charge in [-0.25, -0.2) is 0 Å². The molecule has 6 aromatic carbocycles. The normalized spacial score (nSPS) is 13.0. The van der Waals surface area contributed by atoms with E-state index < -0.39 is 23.5 Å². The lowest BCUT2D eigenvalue weighted by Crippen LogP contribution is -2.04. The second-order valence-electron chi connectivity index (χ2n) is 10.3. The van der Waals surface area contributed by atoms with E-state index in [2.05, 4.69) is 12.1 Å². The Morgan fingerprint density at radius 1 is 0.477 bits per heavy atom. The van der Waals surface area contributed by atoms with Crippen LogP contribution in [0.2, 0.25) is 0 Å². The van der Waals surface area contributed by atoms with Gasteiger partial charge in [-0.3, -0.25) is 0 Å². The fourth-order valence-electron chi connectivity index (χ4n) is 5.42. The summed E-state index contributed by atoms with van der Waals surface area (Å²) in [6, 6.07) is 28.5. The van der Waals surface area contributed by atoms with Gasteiger partial charge in [-0.05, 0) is 115 Å². The van der Waals surface area contributed by atoms with Crippen molar-refractivity contribution < 1.29 is 26.3 Å². The van der Waals surface area contributed by atoms with Gasteiger partial charge in [0.2, 0.25) is 0 Å². The number of nitriles is 2. The molecule has 0 unspecified atom stereocenters. The van der Waals surface area contributed by atoms with Crippen LogP contribution in [0.25, 0.3) is 55.6 Å². The van der Waals surface area contributed by atoms with Gasteiger partial charge in [0.05, 0.1) is 34.4 Å². The number of halogens is 6. The van der Waals surface area contributed by atoms with Crippen molar-refractivity contribution in [3.8, 4) is 12.1 Å². The number of allylic oxidation sites excluding steroid dienone is 2. The van der Waals surface area contributed by atoms with Gasteiger partial charge in [-0.2, -0.15) is 36.9 Å². The second-order valence-corrected chi connectivity index (χ2v) is 10.3. The molecule has 0 saturated carbocycles. The molecule has 0 N–H and O–H groups in total. The van der Waals surface area contributed by atoms with Crippen molar-refractivity contribution in [2.75, 3.05) is 0 Å². The number of benzene rings is 6. The summed E-state index contributed by atoms with van der Waals surface area (Å²) in [5.41, 5.74) is 1.05. The molecule has 2 nitrogen and oxygen atoms in total. The standard InChI is InChI=1S/C36H18F6N2/c37-35(38,39)31-9-5-23(6-10-31)29(19-43)17-21-13-25-1-2-26-14-22(16-28-4-3-27(15-21)33(25)34(26)28)18-30(20-44)24-7-11-32(12-8-24)36(40,41)42/h1-18H/b29-17+,30-18+. The summed E-state index contributed by atoms with van der Waals surface area (Å²) < 4.78 is 77.8. The fourth-order valence-corrected chi connectivity index (χ4v) is 5.42. The van der Waals surface area contributed by atoms with Gasteiger partial charge in [-0.1, -0.05) is 48.5 Å². The van der Waals surface area contributed by atoms with Crippen LogP contribution in [0.1, 0.15) is 33.4 Å². The van der Waals surface area contributed by atoms with E-state index in [1.54, 1.807) is 12.2 Å². The van der Waals surface area contributed by atoms with Gasteiger partial charge in [0.25, 0.3) is 0 Å². The first kappa shape index (κ1) is 28.5. The molecule has 0 atom stereocenters. The molecule has 0 aromatic heterocycles. The molecule has 0 amide bonds. The highest BCUT2D eigenvalue weighted by molar-refractivity contribution is 6.24. The molecule has 8 heteroatoms. The number of hydrogen-bond donors (Lipinski definition) is 0. The van der Waals surface area contributed by atoms with E-state index in [9.17, 15) is 36.9 Å². The van der Waals surface area contributed by atoms with Crippen molar-refractivity contribution in [1.29, 1.82) is 10.5 Å². The Morgan fingerprint density at radius 3 is 1.02 bits per heavy atom. The Hall–Kier alpha value is -5.60. The van der Waals surface area contributed by atoms with Crippen LogP contribution in [0.4, 0.5) is 26.3 Å². The van der Waals surface area contributed by atoms with Crippen LogP contribution in [0.15, 0.2) is 97.1 Å². The van der Waals surface area contributed by atoms with E-state index in [0.29, 0.717) is 22.3 Å². The molecule has 0 aliphatic heterocycles. The Kier molecular flexibility index (Phi) is 6.86. The van der Waals surface area contributed by atoms with Gasteiger partial charge in [0.1, 0.15) is 0 Å². The van der Waals surface area contributed by atoms with Crippen LogP contribution in [-0.2, 0) is 12.4 Å². The minimum Gasteiger partial charge on any atom is -0.192 e. The first-order valence-electron chi connectivity index (χ1n) is 13.3. The summed E-state index contributed by atoms with van der Waals surface area (Å²) in [5.74, 6) is 0. The molecule has 6 rings (SSSR count). The fraction of sp³-hybridized carbons (Fsp3) is 0.0556. The van der Waals surface area contributed by atoms with E-state index in [1.165, 1.54) is 24.3 Å². The smallest absolute Gasteiger partial charge is 0.192 e. The van der Waals surface area contributed by atoms with E-state index in [1.807, 2.05) is 48.5 Å². The van der Waals surface area contributed by atoms with E-state index in [4.69, 9.17) is 0 Å². The SMILES string of the molecule is N#C/C(=C\c1cc2ccc3cc(/C=C(\C#N)c4ccc(C(F)(F)F)cc4)cc4ccc(c1)c2c34)c1ccc(C(F)(F)F)cc1. The van der Waals surface area contributed by atoms with Crippen LogP contribution in [0, 0.1) is 22.7 Å². The zero-order valence-corrected chi connectivity index (χ0v) is 22.6. The summed E-state index contributed by atoms with van der Waals surface area (Å²) in [5, 5.41) is 25.1. The van der Waals surface area contributed by atoms with Crippen molar-refractivity contribution >= 4 is 55.6 Å². The zero-order chi connectivity index (χ0) is 31.2. The number of hydrogen-bond acceptors (Lipinski definition) is 2. The quantitative estimate of drug-likeness (QED) is 0.0885. The molecule has 0 aliphatic carbocycles. The molecule has 44 heavy (non-hydrogen) atoms. The third kappa shape index (κ3) is 5.34. The predicted molar refractivity (Wildman–Crippen MR) is 160 cm³/mol. The Bertz CT molecular complexity index is 1960. The Labute approximate surface area is 247 Å². The minimum atomic E-state index is -4.47. The van der Waals surface area contributed by atoms with E-state index >= 15 is 0 Å². The number of rotatable bonds is 4. The molecule has 0 saturated heterocycles. The molecule has 0 bridgehead atoms. The topological polar surface area (TPSA) is 47.6 Å². The van der Waals surface area contributed by atoms with Crippen LogP contribution < -0.4 is 0 Å². The lowest BCUT2D eigenvalue weighted by Gasteiger charge is -2.13. The summed E-state index contributed by atoms with van der Waals surface area (Å²) in [7, 11) is 0. The molecule has 0 spiro atoms. The summed E-state index contributed by atoms with van der Waals surface area (Å²) in [6.45, 7) is 0. The number of nitrogens with zero attached hydrogens (tertiary/aromatic N) is 2. The molecule has 0 radical (unpaired) electrons. The van der Waals surface area contributed by atoms with Gasteiger partial charge < -0.3 is 0 Å². The predicted octanol–water partition coefficient (Wildman–Crippen LogP) is 10.7. The molecular weight excluding hydrogens is 574 g/mol. The molecule has 214 valence electrons. The Balaban J connectivity index is 1.39. The molecular formula is C36H18F6N2. The third-order valence-electron chi connectivity index (χ3n) is 7.49. The first-order chi connectivity index (χ1) is 20.9. The maximum Gasteiger partial charge on any atom is 0.416 e. The van der Waals surface area contributed by atoms with Gasteiger partial charge in [-0.15, -0.1) is 0 Å². The Morgan fingerprint density at radius 2 is 0.773 bits per heavy atom. The maximum atomic E-state index is 13.0. The lowest BCUT2D eigenvalue weighted by atomic mass is 9.90. The minimum absolute atomic E-state index is 0.226. The van der Waals surface area contributed by atoms with Crippen molar-refractivity contribution in [2.24, 2.45) is 0 Å². The summed E-state index contributed by atoms with van der Waals surface area (Å²) in [4.78, 5) is 0. The first-order valence-corrected chi connectivity index (χ1v) is 13.3. The second kappa shape index (κ2) is 10.6. The highest BCUT2D eigenvalue weighted by atomic mass is 19.4. The zero-order valence-electron chi connectivity index (χ0n) is 22.6. The van der Waals surface area contributed by atoms with Gasteiger partial charge in [0, 0.05) is 0 Å². The highest BCUT2D eigenvalue weighted by Crippen LogP contribution is 2.38.